The predicted molar refractivity (Wildman–Crippen MR) is 117 cm³/mol. The molecular weight excluding hydrogens is 450 g/mol. The van der Waals surface area contributed by atoms with Crippen LogP contribution in [0.1, 0.15) is 28.4 Å². The lowest BCUT2D eigenvalue weighted by Gasteiger charge is -2.26. The first-order valence-corrected chi connectivity index (χ1v) is 10.8. The number of hydrogen-bond donors (Lipinski definition) is 1. The first-order valence-electron chi connectivity index (χ1n) is 9.41. The van der Waals surface area contributed by atoms with Gasteiger partial charge in [-0.3, -0.25) is 4.79 Å². The van der Waals surface area contributed by atoms with Gasteiger partial charge in [-0.15, -0.1) is 0 Å². The highest BCUT2D eigenvalue weighted by molar-refractivity contribution is 7.90. The average Bonchev–Trinajstić information content (AvgIpc) is 2.98. The summed E-state index contributed by atoms with van der Waals surface area (Å²) in [5, 5.41) is 0. The minimum absolute atomic E-state index is 0.0461. The number of esters is 1. The van der Waals surface area contributed by atoms with E-state index < -0.39 is 49.4 Å². The SMILES string of the molecule is [B]C1(c2ccc(C(=O)OCC)cc2)OC(N)=C(OS(=O)(=O)C([B])([B])c2ccc(F)cc2)C1=O. The van der Waals surface area contributed by atoms with Crippen LogP contribution in [0.25, 0.3) is 0 Å². The molecule has 6 radical (unpaired) electrons. The van der Waals surface area contributed by atoms with Crippen molar-refractivity contribution in [3.63, 3.8) is 0 Å². The lowest BCUT2D eigenvalue weighted by Crippen LogP contribution is -2.40. The van der Waals surface area contributed by atoms with Gasteiger partial charge in [0.05, 0.1) is 32.4 Å². The fraction of sp³-hybridized carbons (Fsp3) is 0.200. The number of ether oxygens (including phenoxy) is 2. The van der Waals surface area contributed by atoms with Crippen molar-refractivity contribution in [3.05, 3.63) is 82.7 Å². The van der Waals surface area contributed by atoms with Gasteiger partial charge >= 0.3 is 16.1 Å². The van der Waals surface area contributed by atoms with Gasteiger partial charge in [-0.05, 0) is 42.3 Å². The lowest BCUT2D eigenvalue weighted by molar-refractivity contribution is -0.126. The second-order valence-electron chi connectivity index (χ2n) is 7.00. The summed E-state index contributed by atoms with van der Waals surface area (Å²) >= 11 is 0. The summed E-state index contributed by atoms with van der Waals surface area (Å²) in [5.41, 5.74) is 3.44. The molecule has 3 rings (SSSR count). The Bertz CT molecular complexity index is 1230. The van der Waals surface area contributed by atoms with Crippen LogP contribution in [0.3, 0.4) is 0 Å². The van der Waals surface area contributed by atoms with Gasteiger partial charge < -0.3 is 19.4 Å². The molecule has 13 heteroatoms. The number of carbonyl (C=O) groups is 2. The molecule has 1 heterocycles. The van der Waals surface area contributed by atoms with E-state index in [0.29, 0.717) is 0 Å². The summed E-state index contributed by atoms with van der Waals surface area (Å²) in [7, 11) is 12.6. The van der Waals surface area contributed by atoms with E-state index in [4.69, 9.17) is 42.9 Å². The van der Waals surface area contributed by atoms with Crippen LogP contribution in [0, 0.1) is 5.82 Å². The zero-order valence-electron chi connectivity index (χ0n) is 17.3. The van der Waals surface area contributed by atoms with Gasteiger partial charge in [0.25, 0.3) is 0 Å². The third-order valence-electron chi connectivity index (χ3n) is 4.77. The molecule has 0 fully saturated rings. The number of hydrogen-bond acceptors (Lipinski definition) is 8. The van der Waals surface area contributed by atoms with Crippen LogP contribution < -0.4 is 5.73 Å². The number of Topliss-reactive ketones (excluding diaryl/α,β-unsaturated/α-hetero) is 1. The van der Waals surface area contributed by atoms with Crippen molar-refractivity contribution < 1.29 is 36.1 Å². The molecule has 1 aliphatic heterocycles. The fourth-order valence-electron chi connectivity index (χ4n) is 2.92. The number of ketones is 1. The molecule has 1 atom stereocenters. The van der Waals surface area contributed by atoms with Crippen LogP contribution in [-0.2, 0) is 38.6 Å². The van der Waals surface area contributed by atoms with E-state index in [2.05, 4.69) is 0 Å². The molecule has 0 saturated heterocycles. The van der Waals surface area contributed by atoms with Gasteiger partial charge in [-0.2, -0.15) is 8.42 Å². The predicted octanol–water partition coefficient (Wildman–Crippen LogP) is 0.545. The van der Waals surface area contributed by atoms with Crippen molar-refractivity contribution in [2.24, 2.45) is 5.73 Å². The van der Waals surface area contributed by atoms with Crippen LogP contribution >= 0.6 is 0 Å². The Kier molecular flexibility index (Phi) is 6.38. The summed E-state index contributed by atoms with van der Waals surface area (Å²) in [6.07, 6.45) is 0. The van der Waals surface area contributed by atoms with E-state index in [1.54, 1.807) is 6.92 Å². The Morgan fingerprint density at radius 1 is 1.15 bits per heavy atom. The van der Waals surface area contributed by atoms with Gasteiger partial charge in [-0.1, -0.05) is 24.3 Å². The molecule has 0 bridgehead atoms. The zero-order chi connectivity index (χ0) is 24.6. The Balaban J connectivity index is 1.87. The molecule has 0 aliphatic carbocycles. The Morgan fingerprint density at radius 3 is 2.27 bits per heavy atom. The Morgan fingerprint density at radius 2 is 1.73 bits per heavy atom. The van der Waals surface area contributed by atoms with Gasteiger partial charge in [0.15, 0.2) is 5.50 Å². The lowest BCUT2D eigenvalue weighted by atomic mass is 9.65. The molecule has 33 heavy (non-hydrogen) atoms. The quantitative estimate of drug-likeness (QED) is 0.358. The van der Waals surface area contributed by atoms with E-state index in [1.807, 2.05) is 0 Å². The van der Waals surface area contributed by atoms with Crippen molar-refractivity contribution in [2.45, 2.75) is 17.0 Å². The van der Waals surface area contributed by atoms with E-state index in [9.17, 15) is 22.4 Å². The van der Waals surface area contributed by atoms with E-state index in [0.717, 1.165) is 24.3 Å². The smallest absolute Gasteiger partial charge is 0.338 e. The van der Waals surface area contributed by atoms with Gasteiger partial charge in [0.1, 0.15) is 13.7 Å². The summed E-state index contributed by atoms with van der Waals surface area (Å²) in [6, 6.07) is 9.27. The number of rotatable bonds is 7. The molecule has 1 unspecified atom stereocenters. The highest BCUT2D eigenvalue weighted by Gasteiger charge is 2.50. The third-order valence-corrected chi connectivity index (χ3v) is 6.21. The molecule has 2 N–H and O–H groups in total. The summed E-state index contributed by atoms with van der Waals surface area (Å²) < 4.78 is 51.0. The molecule has 2 aromatic rings. The zero-order valence-corrected chi connectivity index (χ0v) is 18.1. The van der Waals surface area contributed by atoms with Crippen molar-refractivity contribution >= 4 is 45.4 Å². The first kappa shape index (κ1) is 24.4. The topological polar surface area (TPSA) is 122 Å². The van der Waals surface area contributed by atoms with Crippen molar-refractivity contribution in [2.75, 3.05) is 6.61 Å². The summed E-state index contributed by atoms with van der Waals surface area (Å²) in [5.74, 6) is -4.04. The maximum absolute atomic E-state index is 13.2. The van der Waals surface area contributed by atoms with Crippen LogP contribution in [0.5, 0.6) is 0 Å². The van der Waals surface area contributed by atoms with E-state index in [-0.39, 0.29) is 23.3 Å². The van der Waals surface area contributed by atoms with Crippen molar-refractivity contribution in [3.8, 4) is 0 Å². The Hall–Kier alpha value is -3.21. The largest absolute Gasteiger partial charge is 0.467 e. The van der Waals surface area contributed by atoms with Gasteiger partial charge in [0.2, 0.25) is 17.4 Å². The monoisotopic (exact) mass is 465 g/mol. The normalized spacial score (nSPS) is 18.7. The molecular formula is C20H15B3FNO7S. The highest BCUT2D eigenvalue weighted by atomic mass is 32.2. The summed E-state index contributed by atoms with van der Waals surface area (Å²) in [4.78, 5) is 24.7. The first-order chi connectivity index (χ1) is 15.3. The Labute approximate surface area is 193 Å². The molecule has 8 nitrogen and oxygen atoms in total. The molecule has 0 spiro atoms. The molecule has 0 amide bonds. The molecule has 0 saturated carbocycles. The van der Waals surface area contributed by atoms with Crippen LogP contribution in [-0.4, -0.2) is 50.3 Å². The maximum Gasteiger partial charge on any atom is 0.338 e. The van der Waals surface area contributed by atoms with Gasteiger partial charge in [0, 0.05) is 0 Å². The maximum atomic E-state index is 13.2. The van der Waals surface area contributed by atoms with E-state index >= 15 is 0 Å². The molecule has 0 aromatic heterocycles. The second kappa shape index (κ2) is 8.62. The number of benzene rings is 2. The second-order valence-corrected chi connectivity index (χ2v) is 8.75. The van der Waals surface area contributed by atoms with Gasteiger partial charge in [-0.25, -0.2) is 9.18 Å². The number of halogens is 1. The molecule has 164 valence electrons. The minimum Gasteiger partial charge on any atom is -0.467 e. The average molecular weight is 465 g/mol. The standard InChI is InChI=1S/C20H15B3FNO7S/c1-2-30-18(27)11-3-5-12(6-4-11)19(21)16(26)15(17(25)31-19)32-33(28,29)20(22,23)13-7-9-14(24)10-8-13/h3-10H,2,25H2,1H3. The fourth-order valence-corrected chi connectivity index (χ4v) is 3.86. The molecule has 2 aromatic carbocycles. The number of carbonyl (C=O) groups excluding carboxylic acids is 2. The minimum atomic E-state index is -4.95. The third kappa shape index (κ3) is 4.37. The van der Waals surface area contributed by atoms with Crippen LogP contribution in [0.4, 0.5) is 4.39 Å². The highest BCUT2D eigenvalue weighted by Crippen LogP contribution is 2.38. The van der Waals surface area contributed by atoms with Crippen molar-refractivity contribution in [1.82, 2.24) is 0 Å². The number of nitrogens with two attached hydrogens (primary N) is 1. The van der Waals surface area contributed by atoms with Crippen LogP contribution in [0.2, 0.25) is 0 Å². The summed E-state index contributed by atoms with van der Waals surface area (Å²) in [6.45, 7) is 1.81. The van der Waals surface area contributed by atoms with Crippen LogP contribution in [0.15, 0.2) is 60.2 Å². The van der Waals surface area contributed by atoms with E-state index in [1.165, 1.54) is 24.3 Å². The molecule has 1 aliphatic rings. The van der Waals surface area contributed by atoms with Crippen molar-refractivity contribution in [1.29, 1.82) is 0 Å².